The predicted octanol–water partition coefficient (Wildman–Crippen LogP) is 5.58. The first kappa shape index (κ1) is 19.4. The van der Waals surface area contributed by atoms with Crippen LogP contribution in [0.4, 0.5) is 10.8 Å². The van der Waals surface area contributed by atoms with Gasteiger partial charge in [0.15, 0.2) is 4.34 Å². The van der Waals surface area contributed by atoms with Crippen LogP contribution in [0.2, 0.25) is 0 Å². The van der Waals surface area contributed by atoms with Crippen molar-refractivity contribution in [1.82, 2.24) is 20.4 Å². The summed E-state index contributed by atoms with van der Waals surface area (Å²) in [5, 5.41) is 20.7. The van der Waals surface area contributed by atoms with E-state index < -0.39 is 0 Å². The van der Waals surface area contributed by atoms with E-state index >= 15 is 0 Å². The minimum Gasteiger partial charge on any atom is -0.492 e. The smallest absolute Gasteiger partial charge is 0.247 e. The quantitative estimate of drug-likeness (QED) is 0.366. The summed E-state index contributed by atoms with van der Waals surface area (Å²) in [6, 6.07) is 17.5. The Kier molecular flexibility index (Phi) is 6.06. The van der Waals surface area contributed by atoms with Crippen molar-refractivity contribution in [2.75, 3.05) is 11.9 Å². The number of ether oxygens (including phenoxy) is 1. The Hall–Kier alpha value is -2.91. The van der Waals surface area contributed by atoms with E-state index in [2.05, 4.69) is 25.7 Å². The minimum absolute atomic E-state index is 0.0449. The van der Waals surface area contributed by atoms with Crippen molar-refractivity contribution in [2.24, 2.45) is 0 Å². The van der Waals surface area contributed by atoms with Gasteiger partial charge in [0.05, 0.1) is 17.5 Å². The third-order valence-electron chi connectivity index (χ3n) is 3.92. The first-order valence-corrected chi connectivity index (χ1v) is 10.8. The van der Waals surface area contributed by atoms with Crippen LogP contribution in [0, 0.1) is 0 Å². The number of nitrogens with zero attached hydrogens (tertiary/aromatic N) is 4. The van der Waals surface area contributed by atoms with Crippen LogP contribution in [0.25, 0.3) is 11.5 Å². The summed E-state index contributed by atoms with van der Waals surface area (Å²) in [7, 11) is 0. The molecule has 1 N–H and O–H groups in total. The predicted molar refractivity (Wildman–Crippen MR) is 115 cm³/mol. The Bertz CT molecular complexity index is 1070. The molecule has 2 aromatic carbocycles. The van der Waals surface area contributed by atoms with Crippen LogP contribution < -0.4 is 10.1 Å². The molecule has 0 aliphatic heterocycles. The Morgan fingerprint density at radius 2 is 1.83 bits per heavy atom. The highest BCUT2D eigenvalue weighted by Crippen LogP contribution is 2.38. The summed E-state index contributed by atoms with van der Waals surface area (Å²) in [5.74, 6) is 1.85. The molecule has 0 saturated carbocycles. The van der Waals surface area contributed by atoms with E-state index in [0.717, 1.165) is 21.3 Å². The Labute approximate surface area is 176 Å². The van der Waals surface area contributed by atoms with Crippen molar-refractivity contribution < 1.29 is 9.15 Å². The Morgan fingerprint density at radius 3 is 2.66 bits per heavy atom. The maximum absolute atomic E-state index is 5.83. The second kappa shape index (κ2) is 9.06. The number of hydrogen-bond acceptors (Lipinski definition) is 9. The molecule has 2 aromatic heterocycles. The van der Waals surface area contributed by atoms with E-state index in [1.54, 1.807) is 0 Å². The van der Waals surface area contributed by atoms with Gasteiger partial charge in [0.2, 0.25) is 16.9 Å². The van der Waals surface area contributed by atoms with Gasteiger partial charge in [-0.1, -0.05) is 53.4 Å². The molecular weight excluding hydrogens is 406 g/mol. The first-order valence-electron chi connectivity index (χ1n) is 9.10. The van der Waals surface area contributed by atoms with Gasteiger partial charge < -0.3 is 14.5 Å². The van der Waals surface area contributed by atoms with E-state index in [1.807, 2.05) is 68.4 Å². The van der Waals surface area contributed by atoms with E-state index in [9.17, 15) is 0 Å². The number of para-hydroxylation sites is 2. The van der Waals surface area contributed by atoms with Crippen LogP contribution in [0.15, 0.2) is 63.4 Å². The third kappa shape index (κ3) is 4.75. The summed E-state index contributed by atoms with van der Waals surface area (Å²) in [4.78, 5) is 0. The first-order chi connectivity index (χ1) is 14.2. The number of hydrogen-bond donors (Lipinski definition) is 1. The lowest BCUT2D eigenvalue weighted by atomic mass is 10.2. The van der Waals surface area contributed by atoms with Crippen molar-refractivity contribution in [3.8, 4) is 17.2 Å². The van der Waals surface area contributed by atoms with Crippen LogP contribution in [0.1, 0.15) is 25.0 Å². The molecule has 7 nitrogen and oxygen atoms in total. The van der Waals surface area contributed by atoms with E-state index in [1.165, 1.54) is 23.1 Å². The lowest BCUT2D eigenvalue weighted by Crippen LogP contribution is -1.97. The fourth-order valence-electron chi connectivity index (χ4n) is 2.57. The normalized spacial score (nSPS) is 11.9. The largest absolute Gasteiger partial charge is 0.492 e. The summed E-state index contributed by atoms with van der Waals surface area (Å²) >= 11 is 2.99. The number of thioether (sulfide) groups is 1. The standard InChI is InChI=1S/C20H19N5O2S2/c1-3-26-16-12-8-7-11-15(16)21-19-24-25-20(29-19)28-13(2)17-22-23-18(27-17)14-9-5-4-6-10-14/h4-13H,3H2,1-2H3,(H,21,24)/t13-/m0/s1. The van der Waals surface area contributed by atoms with Gasteiger partial charge >= 0.3 is 0 Å². The molecule has 9 heteroatoms. The molecule has 0 unspecified atom stereocenters. The van der Waals surface area contributed by atoms with Crippen molar-refractivity contribution in [3.63, 3.8) is 0 Å². The van der Waals surface area contributed by atoms with Crippen LogP contribution in [0.5, 0.6) is 5.75 Å². The molecule has 0 aliphatic rings. The Balaban J connectivity index is 1.42. The summed E-state index contributed by atoms with van der Waals surface area (Å²) in [5.41, 5.74) is 1.76. The lowest BCUT2D eigenvalue weighted by molar-refractivity contribution is 0.342. The SMILES string of the molecule is CCOc1ccccc1Nc1nnc(S[C@@H](C)c2nnc(-c3ccccc3)o2)s1. The zero-order valence-corrected chi connectivity index (χ0v) is 17.5. The number of benzene rings is 2. The van der Waals surface area contributed by atoms with Crippen LogP contribution in [-0.2, 0) is 0 Å². The minimum atomic E-state index is -0.0449. The molecule has 1 atom stereocenters. The molecule has 0 saturated heterocycles. The molecule has 0 bridgehead atoms. The Morgan fingerprint density at radius 1 is 1.03 bits per heavy atom. The molecule has 4 rings (SSSR count). The molecule has 0 spiro atoms. The van der Waals surface area contributed by atoms with E-state index in [-0.39, 0.29) is 5.25 Å². The lowest BCUT2D eigenvalue weighted by Gasteiger charge is -2.09. The van der Waals surface area contributed by atoms with E-state index in [4.69, 9.17) is 9.15 Å². The van der Waals surface area contributed by atoms with Crippen LogP contribution in [-0.4, -0.2) is 27.0 Å². The number of rotatable bonds is 8. The topological polar surface area (TPSA) is 86.0 Å². The fraction of sp³-hybridized carbons (Fsp3) is 0.200. The van der Waals surface area contributed by atoms with Gasteiger partial charge in [-0.3, -0.25) is 0 Å². The second-order valence-electron chi connectivity index (χ2n) is 6.00. The average molecular weight is 426 g/mol. The van der Waals surface area contributed by atoms with Crippen molar-refractivity contribution in [1.29, 1.82) is 0 Å². The summed E-state index contributed by atoms with van der Waals surface area (Å²) in [6.07, 6.45) is 0. The van der Waals surface area contributed by atoms with E-state index in [0.29, 0.717) is 23.5 Å². The van der Waals surface area contributed by atoms with Crippen molar-refractivity contribution in [3.05, 3.63) is 60.5 Å². The van der Waals surface area contributed by atoms with Crippen molar-refractivity contribution >= 4 is 33.9 Å². The molecule has 148 valence electrons. The van der Waals surface area contributed by atoms with Crippen LogP contribution >= 0.6 is 23.1 Å². The third-order valence-corrected chi connectivity index (χ3v) is 5.93. The molecule has 29 heavy (non-hydrogen) atoms. The highest BCUT2D eigenvalue weighted by atomic mass is 32.2. The molecule has 4 aromatic rings. The number of aromatic nitrogens is 4. The number of nitrogens with one attached hydrogen (secondary N) is 1. The highest BCUT2D eigenvalue weighted by Gasteiger charge is 2.18. The van der Waals surface area contributed by atoms with Gasteiger partial charge in [-0.2, -0.15) is 0 Å². The maximum Gasteiger partial charge on any atom is 0.247 e. The highest BCUT2D eigenvalue weighted by molar-refractivity contribution is 8.01. The van der Waals surface area contributed by atoms with Gasteiger partial charge in [0.25, 0.3) is 0 Å². The van der Waals surface area contributed by atoms with Crippen molar-refractivity contribution in [2.45, 2.75) is 23.4 Å². The molecule has 2 heterocycles. The van der Waals surface area contributed by atoms with Gasteiger partial charge in [-0.25, -0.2) is 0 Å². The maximum atomic E-state index is 5.83. The van der Waals surface area contributed by atoms with Gasteiger partial charge in [0, 0.05) is 5.56 Å². The van der Waals surface area contributed by atoms with Gasteiger partial charge in [-0.15, -0.1) is 20.4 Å². The molecule has 0 aliphatic carbocycles. The van der Waals surface area contributed by atoms with Crippen LogP contribution in [0.3, 0.4) is 0 Å². The zero-order valence-electron chi connectivity index (χ0n) is 15.9. The zero-order chi connectivity index (χ0) is 20.1. The monoisotopic (exact) mass is 425 g/mol. The van der Waals surface area contributed by atoms with Gasteiger partial charge in [0.1, 0.15) is 5.75 Å². The summed E-state index contributed by atoms with van der Waals surface area (Å²) in [6.45, 7) is 4.56. The molecule has 0 fully saturated rings. The molecule has 0 amide bonds. The second-order valence-corrected chi connectivity index (χ2v) is 8.56. The fourth-order valence-corrected chi connectivity index (χ4v) is 4.51. The average Bonchev–Trinajstić information content (AvgIpc) is 3.40. The molecular formula is C20H19N5O2S2. The van der Waals surface area contributed by atoms with Gasteiger partial charge in [-0.05, 0) is 38.1 Å². The number of anilines is 2. The summed E-state index contributed by atoms with van der Waals surface area (Å²) < 4.78 is 12.3. The molecule has 0 radical (unpaired) electrons.